The molecule has 0 aliphatic heterocycles. The van der Waals surface area contributed by atoms with Gasteiger partial charge in [-0.05, 0) is 84.3 Å². The standard InChI is InChI=1S/C44H28N2S2/c1-2-10-29(11-3-1)35-16-4-5-17-36(35)30-20-21-39-40(28-30)42(32-13-9-15-34(27-32)44-46-23-25-48-44)38-19-7-6-18-37(38)41(39)31-12-8-14-33(26-31)43-45-22-24-47-43/h1-28H. The lowest BCUT2D eigenvalue weighted by atomic mass is 9.84. The van der Waals surface area contributed by atoms with Crippen molar-refractivity contribution in [1.82, 2.24) is 9.97 Å². The second kappa shape index (κ2) is 12.2. The fraction of sp³-hybridized carbons (Fsp3) is 0. The third-order valence-electron chi connectivity index (χ3n) is 9.01. The zero-order chi connectivity index (χ0) is 31.9. The quantitative estimate of drug-likeness (QED) is 0.168. The predicted octanol–water partition coefficient (Wildman–Crippen LogP) is 12.9. The van der Waals surface area contributed by atoms with Crippen LogP contribution in [0.1, 0.15) is 0 Å². The van der Waals surface area contributed by atoms with Crippen LogP contribution in [0.4, 0.5) is 0 Å². The van der Waals surface area contributed by atoms with Crippen molar-refractivity contribution in [3.05, 3.63) is 169 Å². The van der Waals surface area contributed by atoms with Gasteiger partial charge in [-0.3, -0.25) is 0 Å². The van der Waals surface area contributed by atoms with Crippen molar-refractivity contribution in [2.75, 3.05) is 0 Å². The molecule has 7 aromatic carbocycles. The second-order valence-electron chi connectivity index (χ2n) is 11.8. The van der Waals surface area contributed by atoms with Crippen molar-refractivity contribution < 1.29 is 0 Å². The van der Waals surface area contributed by atoms with Gasteiger partial charge in [-0.1, -0.05) is 127 Å². The number of benzene rings is 7. The molecule has 48 heavy (non-hydrogen) atoms. The van der Waals surface area contributed by atoms with Crippen molar-refractivity contribution in [2.45, 2.75) is 0 Å². The largest absolute Gasteiger partial charge is 0.245 e. The van der Waals surface area contributed by atoms with Crippen molar-refractivity contribution in [1.29, 1.82) is 0 Å². The summed E-state index contributed by atoms with van der Waals surface area (Å²) in [5.74, 6) is 0. The van der Waals surface area contributed by atoms with E-state index in [1.165, 1.54) is 66.1 Å². The molecule has 0 amide bonds. The van der Waals surface area contributed by atoms with Gasteiger partial charge in [-0.25, -0.2) is 9.97 Å². The maximum atomic E-state index is 4.64. The first-order chi connectivity index (χ1) is 23.8. The van der Waals surface area contributed by atoms with Crippen LogP contribution in [-0.4, -0.2) is 9.97 Å². The summed E-state index contributed by atoms with van der Waals surface area (Å²) in [7, 11) is 0. The molecule has 0 radical (unpaired) electrons. The van der Waals surface area contributed by atoms with Gasteiger partial charge in [0.15, 0.2) is 0 Å². The number of hydrogen-bond acceptors (Lipinski definition) is 4. The summed E-state index contributed by atoms with van der Waals surface area (Å²) < 4.78 is 0. The zero-order valence-corrected chi connectivity index (χ0v) is 27.5. The molecule has 0 atom stereocenters. The fourth-order valence-electron chi connectivity index (χ4n) is 6.92. The summed E-state index contributed by atoms with van der Waals surface area (Å²) in [5.41, 5.74) is 11.9. The Hall–Kier alpha value is -5.68. The number of aromatic nitrogens is 2. The van der Waals surface area contributed by atoms with Gasteiger partial charge in [-0.2, -0.15) is 0 Å². The second-order valence-corrected chi connectivity index (χ2v) is 13.6. The average Bonchev–Trinajstić information content (AvgIpc) is 3.90. The molecule has 4 heteroatoms. The molecular formula is C44H28N2S2. The van der Waals surface area contributed by atoms with Crippen LogP contribution in [-0.2, 0) is 0 Å². The summed E-state index contributed by atoms with van der Waals surface area (Å²) in [4.78, 5) is 9.26. The maximum absolute atomic E-state index is 4.64. The molecule has 9 aromatic rings. The monoisotopic (exact) mass is 648 g/mol. The third kappa shape index (κ3) is 5.03. The smallest absolute Gasteiger partial charge is 0.123 e. The summed E-state index contributed by atoms with van der Waals surface area (Å²) in [5, 5.41) is 11.0. The highest BCUT2D eigenvalue weighted by Crippen LogP contribution is 2.46. The lowest BCUT2D eigenvalue weighted by molar-refractivity contribution is 1.41. The Morgan fingerprint density at radius 2 is 0.812 bits per heavy atom. The van der Waals surface area contributed by atoms with Crippen LogP contribution in [0.3, 0.4) is 0 Å². The van der Waals surface area contributed by atoms with Gasteiger partial charge in [0.25, 0.3) is 0 Å². The highest BCUT2D eigenvalue weighted by molar-refractivity contribution is 7.13. The van der Waals surface area contributed by atoms with Crippen LogP contribution in [0.5, 0.6) is 0 Å². The lowest BCUT2D eigenvalue weighted by Crippen LogP contribution is -1.93. The van der Waals surface area contributed by atoms with E-state index < -0.39 is 0 Å². The van der Waals surface area contributed by atoms with Crippen LogP contribution in [0.25, 0.3) is 87.2 Å². The Morgan fingerprint density at radius 1 is 0.333 bits per heavy atom. The van der Waals surface area contributed by atoms with E-state index in [0.717, 1.165) is 21.1 Å². The molecular weight excluding hydrogens is 621 g/mol. The number of rotatable bonds is 6. The molecule has 0 bridgehead atoms. The minimum Gasteiger partial charge on any atom is -0.245 e. The van der Waals surface area contributed by atoms with Crippen molar-refractivity contribution in [3.8, 4) is 65.6 Å². The Balaban J connectivity index is 1.36. The van der Waals surface area contributed by atoms with Gasteiger partial charge in [-0.15, -0.1) is 22.7 Å². The van der Waals surface area contributed by atoms with Gasteiger partial charge in [0, 0.05) is 34.3 Å². The number of nitrogens with zero attached hydrogens (tertiary/aromatic N) is 2. The normalized spacial score (nSPS) is 11.3. The average molecular weight is 649 g/mol. The molecule has 0 aliphatic rings. The molecule has 2 aromatic heterocycles. The maximum Gasteiger partial charge on any atom is 0.123 e. The van der Waals surface area contributed by atoms with Gasteiger partial charge in [0.1, 0.15) is 10.0 Å². The van der Waals surface area contributed by atoms with Gasteiger partial charge >= 0.3 is 0 Å². The predicted molar refractivity (Wildman–Crippen MR) is 205 cm³/mol. The summed E-state index contributed by atoms with van der Waals surface area (Å²) in [6.45, 7) is 0. The minimum atomic E-state index is 1.03. The van der Waals surface area contributed by atoms with Crippen LogP contribution in [0.2, 0.25) is 0 Å². The molecule has 2 heterocycles. The van der Waals surface area contributed by atoms with E-state index in [4.69, 9.17) is 0 Å². The SMILES string of the molecule is c1ccc(-c2ccccc2-c2ccc3c(-c4cccc(-c5nccs5)c4)c4ccccc4c(-c4cccc(-c5nccs5)c4)c3c2)cc1. The number of hydrogen-bond donors (Lipinski definition) is 0. The molecule has 9 rings (SSSR count). The number of fused-ring (bicyclic) bond motifs is 2. The topological polar surface area (TPSA) is 25.8 Å². The minimum absolute atomic E-state index is 1.03. The van der Waals surface area contributed by atoms with Crippen LogP contribution >= 0.6 is 22.7 Å². The zero-order valence-electron chi connectivity index (χ0n) is 25.9. The van der Waals surface area contributed by atoms with Gasteiger partial charge < -0.3 is 0 Å². The molecule has 2 nitrogen and oxygen atoms in total. The Bertz CT molecular complexity index is 2550. The molecule has 0 spiro atoms. The summed E-state index contributed by atoms with van der Waals surface area (Å²) >= 11 is 3.34. The highest BCUT2D eigenvalue weighted by Gasteiger charge is 2.19. The van der Waals surface area contributed by atoms with E-state index in [2.05, 4.69) is 156 Å². The molecule has 226 valence electrons. The van der Waals surface area contributed by atoms with Crippen LogP contribution in [0.15, 0.2) is 169 Å². The first kappa shape index (κ1) is 28.5. The molecule has 0 fully saturated rings. The Labute approximate surface area is 287 Å². The van der Waals surface area contributed by atoms with Gasteiger partial charge in [0.05, 0.1) is 0 Å². The van der Waals surface area contributed by atoms with Crippen LogP contribution < -0.4 is 0 Å². The molecule has 0 aliphatic carbocycles. The highest BCUT2D eigenvalue weighted by atomic mass is 32.1. The van der Waals surface area contributed by atoms with Crippen molar-refractivity contribution >= 4 is 44.2 Å². The van der Waals surface area contributed by atoms with E-state index in [1.807, 2.05) is 23.2 Å². The van der Waals surface area contributed by atoms with E-state index in [0.29, 0.717) is 0 Å². The Morgan fingerprint density at radius 3 is 1.40 bits per heavy atom. The number of thiazole rings is 2. The Kier molecular flexibility index (Phi) is 7.23. The first-order valence-electron chi connectivity index (χ1n) is 16.0. The molecule has 0 N–H and O–H groups in total. The fourth-order valence-corrected chi connectivity index (χ4v) is 8.19. The van der Waals surface area contributed by atoms with Gasteiger partial charge in [0.2, 0.25) is 0 Å². The molecule has 0 saturated heterocycles. The third-order valence-corrected chi connectivity index (χ3v) is 10.7. The van der Waals surface area contributed by atoms with E-state index in [9.17, 15) is 0 Å². The van der Waals surface area contributed by atoms with E-state index in [-0.39, 0.29) is 0 Å². The molecule has 0 saturated carbocycles. The first-order valence-corrected chi connectivity index (χ1v) is 17.7. The van der Waals surface area contributed by atoms with Crippen molar-refractivity contribution in [2.24, 2.45) is 0 Å². The van der Waals surface area contributed by atoms with Crippen LogP contribution in [0, 0.1) is 0 Å². The van der Waals surface area contributed by atoms with E-state index in [1.54, 1.807) is 22.7 Å². The van der Waals surface area contributed by atoms with E-state index >= 15 is 0 Å². The molecule has 0 unspecified atom stereocenters. The summed E-state index contributed by atoms with van der Waals surface area (Å²) in [6, 6.07) is 53.0. The van der Waals surface area contributed by atoms with Crippen molar-refractivity contribution in [3.63, 3.8) is 0 Å². The lowest BCUT2D eigenvalue weighted by Gasteiger charge is -2.20. The summed E-state index contributed by atoms with van der Waals surface area (Å²) in [6.07, 6.45) is 3.75.